The quantitative estimate of drug-likeness (QED) is 0.0837. The third kappa shape index (κ3) is 11.1. The molecule has 5 aromatic rings. The van der Waals surface area contributed by atoms with E-state index in [0.29, 0.717) is 13.0 Å². The highest BCUT2D eigenvalue weighted by Gasteiger charge is 2.31. The molecule has 0 saturated carbocycles. The summed E-state index contributed by atoms with van der Waals surface area (Å²) in [4.78, 5) is 32.9. The molecule has 0 aliphatic carbocycles. The van der Waals surface area contributed by atoms with Crippen LogP contribution in [0.25, 0.3) is 11.1 Å². The molecular weight excluding hydrogens is 802 g/mol. The molecular formula is C46H50ClN5O5S2. The number of carboxylic acids is 1. The fourth-order valence-electron chi connectivity index (χ4n) is 7.83. The fourth-order valence-corrected chi connectivity index (χ4v) is 10.0. The minimum Gasteiger partial charge on any atom is -0.480 e. The highest BCUT2D eigenvalue weighted by Crippen LogP contribution is 2.29. The van der Waals surface area contributed by atoms with Crippen molar-refractivity contribution in [3.8, 4) is 11.1 Å². The largest absolute Gasteiger partial charge is 0.480 e. The minimum absolute atomic E-state index is 0.00393. The van der Waals surface area contributed by atoms with Gasteiger partial charge in [-0.05, 0) is 122 Å². The van der Waals surface area contributed by atoms with Crippen LogP contribution in [-0.4, -0.2) is 92.3 Å². The summed E-state index contributed by atoms with van der Waals surface area (Å²) in [6, 6.07) is 37.9. The van der Waals surface area contributed by atoms with Gasteiger partial charge in [-0.25, -0.2) is 13.1 Å². The molecule has 0 bridgehead atoms. The summed E-state index contributed by atoms with van der Waals surface area (Å²) in [5.41, 5.74) is 6.34. The lowest BCUT2D eigenvalue weighted by Crippen LogP contribution is -2.46. The van der Waals surface area contributed by atoms with Crippen molar-refractivity contribution in [2.24, 2.45) is 0 Å². The SMILES string of the molecule is Cc1cc(S(=O)(=O)NC(=O)c2ccc(N3CCN(Cc4ccccc4-c4ccc(Cl)cc4)CC3)cc2)ccc1N[C@H](CCN1CCC[C@H]1C(=O)O)CSc1ccccc1. The Kier molecular flexibility index (Phi) is 14.0. The molecule has 2 aliphatic rings. The van der Waals surface area contributed by atoms with Gasteiger partial charge in [-0.1, -0.05) is 66.2 Å². The molecule has 13 heteroatoms. The lowest BCUT2D eigenvalue weighted by atomic mass is 9.99. The van der Waals surface area contributed by atoms with Crippen LogP contribution in [0.5, 0.6) is 0 Å². The first-order valence-electron chi connectivity index (χ1n) is 20.0. The first kappa shape index (κ1) is 42.3. The number of piperazine rings is 1. The van der Waals surface area contributed by atoms with E-state index < -0.39 is 27.9 Å². The van der Waals surface area contributed by atoms with Gasteiger partial charge in [-0.2, -0.15) is 0 Å². The first-order valence-corrected chi connectivity index (χ1v) is 22.9. The molecule has 0 spiro atoms. The van der Waals surface area contributed by atoms with Gasteiger partial charge in [-0.3, -0.25) is 19.4 Å². The van der Waals surface area contributed by atoms with Crippen LogP contribution in [0.2, 0.25) is 5.02 Å². The molecule has 10 nitrogen and oxygen atoms in total. The topological polar surface area (TPSA) is 122 Å². The van der Waals surface area contributed by atoms with Crippen LogP contribution < -0.4 is 14.9 Å². The third-order valence-corrected chi connectivity index (χ3v) is 13.9. The molecule has 5 aromatic carbocycles. The molecule has 0 unspecified atom stereocenters. The van der Waals surface area contributed by atoms with Crippen molar-refractivity contribution in [3.63, 3.8) is 0 Å². The number of aliphatic carboxylic acids is 1. The summed E-state index contributed by atoms with van der Waals surface area (Å²) in [5, 5.41) is 14.0. The Morgan fingerprint density at radius 3 is 2.29 bits per heavy atom. The lowest BCUT2D eigenvalue weighted by molar-refractivity contribution is -0.142. The lowest BCUT2D eigenvalue weighted by Gasteiger charge is -2.36. The number of hydrogen-bond donors (Lipinski definition) is 3. The van der Waals surface area contributed by atoms with Crippen molar-refractivity contribution < 1.29 is 23.1 Å². The number of thioether (sulfide) groups is 1. The second-order valence-corrected chi connectivity index (χ2v) is 18.4. The average Bonchev–Trinajstić information content (AvgIpc) is 3.73. The molecule has 59 heavy (non-hydrogen) atoms. The van der Waals surface area contributed by atoms with E-state index >= 15 is 0 Å². The summed E-state index contributed by atoms with van der Waals surface area (Å²) in [7, 11) is -4.16. The van der Waals surface area contributed by atoms with Crippen molar-refractivity contribution in [1.82, 2.24) is 14.5 Å². The number of carboxylic acid groups (broad SMARTS) is 1. The number of hydrogen-bond acceptors (Lipinski definition) is 9. The molecule has 0 aromatic heterocycles. The zero-order valence-corrected chi connectivity index (χ0v) is 35.5. The molecule has 2 saturated heterocycles. The maximum atomic E-state index is 13.5. The Hall–Kier alpha value is -4.85. The van der Waals surface area contributed by atoms with E-state index in [0.717, 1.165) is 90.3 Å². The van der Waals surface area contributed by atoms with Crippen LogP contribution in [0.15, 0.2) is 131 Å². The molecule has 2 aliphatic heterocycles. The molecule has 1 amide bonds. The number of aryl methyl sites for hydroxylation is 1. The van der Waals surface area contributed by atoms with Gasteiger partial charge in [0.2, 0.25) is 0 Å². The maximum absolute atomic E-state index is 13.5. The number of carbonyl (C=O) groups excluding carboxylic acids is 1. The Balaban J connectivity index is 0.934. The van der Waals surface area contributed by atoms with Gasteiger partial charge in [0.05, 0.1) is 4.90 Å². The highest BCUT2D eigenvalue weighted by molar-refractivity contribution is 7.99. The summed E-state index contributed by atoms with van der Waals surface area (Å²) < 4.78 is 29.2. The number of benzene rings is 5. The monoisotopic (exact) mass is 851 g/mol. The summed E-state index contributed by atoms with van der Waals surface area (Å²) in [6.45, 7) is 7.48. The van der Waals surface area contributed by atoms with Gasteiger partial charge >= 0.3 is 5.97 Å². The predicted molar refractivity (Wildman–Crippen MR) is 238 cm³/mol. The van der Waals surface area contributed by atoms with E-state index in [-0.39, 0.29) is 16.5 Å². The van der Waals surface area contributed by atoms with E-state index in [2.05, 4.69) is 68.4 Å². The van der Waals surface area contributed by atoms with Crippen molar-refractivity contribution in [2.75, 3.05) is 55.2 Å². The first-order chi connectivity index (χ1) is 28.5. The smallest absolute Gasteiger partial charge is 0.320 e. The number of rotatable bonds is 16. The average molecular weight is 853 g/mol. The molecule has 0 radical (unpaired) electrons. The van der Waals surface area contributed by atoms with Crippen LogP contribution in [0, 0.1) is 6.92 Å². The Morgan fingerprint density at radius 2 is 1.58 bits per heavy atom. The third-order valence-electron chi connectivity index (χ3n) is 11.1. The Bertz CT molecular complexity index is 2320. The number of halogens is 1. The molecule has 2 heterocycles. The van der Waals surface area contributed by atoms with Gasteiger partial charge in [0.1, 0.15) is 6.04 Å². The number of nitrogens with one attached hydrogen (secondary N) is 2. The zero-order chi connectivity index (χ0) is 41.4. The number of carbonyl (C=O) groups is 2. The van der Waals surface area contributed by atoms with Crippen LogP contribution in [0.4, 0.5) is 11.4 Å². The van der Waals surface area contributed by atoms with Crippen LogP contribution in [0.3, 0.4) is 0 Å². The Morgan fingerprint density at radius 1 is 0.864 bits per heavy atom. The van der Waals surface area contributed by atoms with Crippen molar-refractivity contribution in [3.05, 3.63) is 143 Å². The number of amides is 1. The van der Waals surface area contributed by atoms with Gasteiger partial charge in [0.15, 0.2) is 0 Å². The van der Waals surface area contributed by atoms with E-state index in [1.165, 1.54) is 17.2 Å². The second-order valence-electron chi connectivity index (χ2n) is 15.2. The number of sulfonamides is 1. The molecule has 2 fully saturated rings. The number of nitrogens with zero attached hydrogens (tertiary/aromatic N) is 3. The Labute approximate surface area is 356 Å². The van der Waals surface area contributed by atoms with Crippen LogP contribution in [0.1, 0.15) is 40.7 Å². The molecule has 2 atom stereocenters. The van der Waals surface area contributed by atoms with Gasteiger partial charge in [0, 0.05) is 77.9 Å². The van der Waals surface area contributed by atoms with E-state index in [1.54, 1.807) is 36.0 Å². The fraction of sp³-hybridized carbons (Fsp3) is 0.304. The molecule has 3 N–H and O–H groups in total. The van der Waals surface area contributed by atoms with Crippen LogP contribution in [-0.2, 0) is 21.4 Å². The van der Waals surface area contributed by atoms with Gasteiger partial charge in [0.25, 0.3) is 15.9 Å². The van der Waals surface area contributed by atoms with Crippen molar-refractivity contribution >= 4 is 56.6 Å². The normalized spacial score (nSPS) is 16.8. The highest BCUT2D eigenvalue weighted by atomic mass is 35.5. The summed E-state index contributed by atoms with van der Waals surface area (Å²) in [5.74, 6) is -0.738. The van der Waals surface area contributed by atoms with Crippen LogP contribution >= 0.6 is 23.4 Å². The summed E-state index contributed by atoms with van der Waals surface area (Å²) >= 11 is 7.85. The predicted octanol–water partition coefficient (Wildman–Crippen LogP) is 8.27. The van der Waals surface area contributed by atoms with Crippen molar-refractivity contribution in [1.29, 1.82) is 0 Å². The van der Waals surface area contributed by atoms with E-state index in [4.69, 9.17) is 11.6 Å². The van der Waals surface area contributed by atoms with Gasteiger partial charge in [-0.15, -0.1) is 11.8 Å². The maximum Gasteiger partial charge on any atom is 0.320 e. The second kappa shape index (κ2) is 19.5. The molecule has 308 valence electrons. The summed E-state index contributed by atoms with van der Waals surface area (Å²) in [6.07, 6.45) is 2.24. The standard InChI is InChI=1S/C46H50ClN5O5S2/c1-33-30-41(21-22-43(33)48-38(32-58-40-9-3-2-4-10-40)23-25-52-24-7-12-44(52)46(54)55)59(56,57)49-45(53)35-15-19-39(20-16-35)51-28-26-50(27-29-51)31-36-8-5-6-11-42(36)34-13-17-37(47)18-14-34/h2-6,8-11,13-22,30,38,44,48H,7,12,23-29,31-32H2,1H3,(H,49,53)(H,54,55)/t38-,44+/m1/s1. The van der Waals surface area contributed by atoms with E-state index in [1.807, 2.05) is 54.3 Å². The number of anilines is 2. The molecule has 7 rings (SSSR count). The van der Waals surface area contributed by atoms with E-state index in [9.17, 15) is 23.1 Å². The van der Waals surface area contributed by atoms with Crippen molar-refractivity contribution in [2.45, 2.75) is 54.6 Å². The number of likely N-dealkylation sites (tertiary alicyclic amines) is 1. The minimum atomic E-state index is -4.16. The van der Waals surface area contributed by atoms with Gasteiger partial charge < -0.3 is 15.3 Å². The zero-order valence-electron chi connectivity index (χ0n) is 33.1.